The Bertz CT molecular complexity index is 3930. The number of hydrogen-bond acceptors (Lipinski definition) is 22. The molecule has 43 heteroatoms. The molecule has 4 aromatic rings. The Morgan fingerprint density at radius 1 is 0.613 bits per heavy atom. The number of rotatable bonds is 26. The third-order valence-corrected chi connectivity index (χ3v) is 20.0. The molecule has 1 aliphatic heterocycles. The molecule has 41 nitrogen and oxygen atoms in total. The van der Waals surface area contributed by atoms with Crippen LogP contribution >= 0.6 is 21.6 Å². The lowest BCUT2D eigenvalue weighted by molar-refractivity contribution is -0.141. The molecule has 15 amide bonds. The van der Waals surface area contributed by atoms with Crippen LogP contribution in [0.4, 0.5) is 0 Å². The van der Waals surface area contributed by atoms with Crippen LogP contribution in [0, 0.1) is 23.2 Å². The zero-order valence-corrected chi connectivity index (χ0v) is 64.1. The van der Waals surface area contributed by atoms with Crippen molar-refractivity contribution in [1.29, 1.82) is 5.41 Å². The van der Waals surface area contributed by atoms with Crippen molar-refractivity contribution < 1.29 is 86.9 Å². The van der Waals surface area contributed by atoms with Crippen molar-refractivity contribution in [2.24, 2.45) is 35.0 Å². The van der Waals surface area contributed by atoms with Gasteiger partial charge in [-0.2, -0.15) is 0 Å². The van der Waals surface area contributed by atoms with Gasteiger partial charge in [0.25, 0.3) is 0 Å². The van der Waals surface area contributed by atoms with Gasteiger partial charge in [-0.05, 0) is 55.6 Å². The summed E-state index contributed by atoms with van der Waals surface area (Å²) in [5.41, 5.74) is 18.2. The van der Waals surface area contributed by atoms with Crippen molar-refractivity contribution in [3.63, 3.8) is 0 Å². The van der Waals surface area contributed by atoms with Crippen LogP contribution in [-0.2, 0) is 96.0 Å². The van der Waals surface area contributed by atoms with Gasteiger partial charge in [0.05, 0.1) is 31.7 Å². The summed E-state index contributed by atoms with van der Waals surface area (Å²) in [6.07, 6.45) is 1.82. The Kier molecular flexibility index (Phi) is 36.0. The molecule has 26 N–H and O–H groups in total. The molecule has 1 aromatic carbocycles. The van der Waals surface area contributed by atoms with E-state index in [-0.39, 0.29) is 50.0 Å². The molecule has 0 unspecified atom stereocenters. The SMILES string of the molecule is CC[C@H](C)[C@H](NC(C)=O)C(=O)N[C@H]1CSSC[C@@H](C(=O)N[C@H](C(N)=O)[C@@H](C)O)NC(=O)[C@H](CCCNC(=N)N)NC(=O)[C@H](Cc2cnc[nH]2)NC(=O)[C@H](Cc2cnc[nH]2)NC(=O)CNC(=O)[C@H](Cc2c[nH]c3ccccc23)NC(=O)[C@H](CC(=O)O)NC(=O)[C@H](CCC(N)=O)NC(=O)[C@H](C(C)C)NC(=O)[C@H](C(C)C)NC1=O. The number of benzene rings is 1. The van der Waals surface area contributed by atoms with Crippen LogP contribution in [0.1, 0.15) is 111 Å². The van der Waals surface area contributed by atoms with Crippen molar-refractivity contribution in [3.8, 4) is 0 Å². The predicted octanol–water partition coefficient (Wildman–Crippen LogP) is -5.78. The Morgan fingerprint density at radius 2 is 1.14 bits per heavy atom. The van der Waals surface area contributed by atoms with Crippen molar-refractivity contribution >= 4 is 133 Å². The molecule has 0 bridgehead atoms. The first-order valence-electron chi connectivity index (χ1n) is 35.6. The van der Waals surface area contributed by atoms with Crippen LogP contribution in [0.3, 0.4) is 0 Å². The third-order valence-electron chi connectivity index (χ3n) is 17.6. The number of carbonyl (C=O) groups excluding carboxylic acids is 15. The lowest BCUT2D eigenvalue weighted by Gasteiger charge is -2.30. The topological polar surface area (TPSA) is 657 Å². The number of nitrogens with two attached hydrogens (primary N) is 3. The molecule has 14 atom stereocenters. The quantitative estimate of drug-likeness (QED) is 0.0121. The number of aliphatic hydroxyl groups is 1. The number of aromatic amines is 3. The van der Waals surface area contributed by atoms with Gasteiger partial charge < -0.3 is 117 Å². The minimum atomic E-state index is -2.05. The number of nitrogens with zero attached hydrogens (tertiary/aromatic N) is 2. The standard InChI is InChI=1S/C68H101N23O18S2/c1-9-33(6)54(80-35(8)93)67(109)88-48-28-111-110-27-47(64(106)91-55(34(7)92)56(70)98)87-58(100)41(15-12-18-75-68(71)72)82-61(103)45(21-38-25-74-30-79-38)85-60(102)44(20-37-24-73-29-78-37)81-50(95)26-77-57(99)43(19-36-23-76-40-14-11-10-13-39(36)40)84-62(104)46(22-51(96)97)86-59(101)42(16-17-49(69)94)83-65(107)52(31(2)3)90-66(108)53(32(4)5)89-63(48)105/h10-11,13-14,23-25,29-34,41-48,52-55,76,92H,9,12,15-22,26-28H2,1-8H3,(H2,69,94)(H2,70,98)(H,73,78)(H,74,79)(H,77,99)(H,80,93)(H,81,95)(H,82,103)(H,83,107)(H,84,104)(H,85,102)(H,86,101)(H,87,100)(H,88,109)(H,89,105)(H,90,108)(H,91,106)(H,96,97)(H4,71,72,75)/t33-,34+,41-,42-,43-,44-,45-,46-,47-,48-,52-,53-,54-,55-/m0/s1. The number of H-pyrrole nitrogens is 3. The van der Waals surface area contributed by atoms with Crippen molar-refractivity contribution in [1.82, 2.24) is 99.4 Å². The van der Waals surface area contributed by atoms with E-state index >= 15 is 0 Å². The lowest BCUT2D eigenvalue weighted by atomic mass is 9.97. The number of carboxylic acids is 1. The maximum Gasteiger partial charge on any atom is 0.305 e. The van der Waals surface area contributed by atoms with Gasteiger partial charge in [-0.1, -0.05) is 87.8 Å². The summed E-state index contributed by atoms with van der Waals surface area (Å²) < 4.78 is 0. The van der Waals surface area contributed by atoms with Crippen LogP contribution in [-0.4, -0.2) is 239 Å². The number of para-hydroxylation sites is 1. The highest BCUT2D eigenvalue weighted by Crippen LogP contribution is 2.25. The molecule has 111 heavy (non-hydrogen) atoms. The van der Waals surface area contributed by atoms with E-state index in [1.807, 2.05) is 0 Å². The molecular weight excluding hydrogens is 1490 g/mol. The molecule has 0 spiro atoms. The smallest absolute Gasteiger partial charge is 0.305 e. The first kappa shape index (κ1) is 90.2. The lowest BCUT2D eigenvalue weighted by Crippen LogP contribution is -2.62. The van der Waals surface area contributed by atoms with E-state index in [9.17, 15) is 86.9 Å². The summed E-state index contributed by atoms with van der Waals surface area (Å²) >= 11 is 0. The Labute approximate surface area is 645 Å². The summed E-state index contributed by atoms with van der Waals surface area (Å²) in [5, 5.41) is 64.3. The number of imidazole rings is 2. The molecule has 4 heterocycles. The minimum absolute atomic E-state index is 0.0146. The number of primary amides is 2. The van der Waals surface area contributed by atoms with Crippen molar-refractivity contribution in [2.75, 3.05) is 24.6 Å². The first-order chi connectivity index (χ1) is 52.5. The van der Waals surface area contributed by atoms with E-state index in [0.717, 1.165) is 28.5 Å². The number of carbonyl (C=O) groups is 16. The third kappa shape index (κ3) is 29.5. The van der Waals surface area contributed by atoms with Gasteiger partial charge in [-0.15, -0.1) is 0 Å². The maximum atomic E-state index is 14.9. The molecule has 608 valence electrons. The number of amides is 15. The summed E-state index contributed by atoms with van der Waals surface area (Å²) in [5.74, 6) is -20.7. The Balaban J connectivity index is 1.67. The fourth-order valence-corrected chi connectivity index (χ4v) is 13.6. The molecule has 1 saturated heterocycles. The first-order valence-corrected chi connectivity index (χ1v) is 38.1. The number of nitrogens with one attached hydrogen (secondary N) is 18. The highest BCUT2D eigenvalue weighted by atomic mass is 33.1. The molecule has 1 fully saturated rings. The number of hydrogen-bond donors (Lipinski definition) is 23. The zero-order valence-electron chi connectivity index (χ0n) is 62.5. The number of fused-ring (bicyclic) bond motifs is 1. The minimum Gasteiger partial charge on any atom is -0.481 e. The van der Waals surface area contributed by atoms with Crippen molar-refractivity contribution in [3.05, 3.63) is 72.5 Å². The Hall–Kier alpha value is -11.4. The highest BCUT2D eigenvalue weighted by Gasteiger charge is 2.40. The fourth-order valence-electron chi connectivity index (χ4n) is 11.3. The Morgan fingerprint density at radius 3 is 1.68 bits per heavy atom. The van der Waals surface area contributed by atoms with Crippen LogP contribution in [0.5, 0.6) is 0 Å². The zero-order chi connectivity index (χ0) is 82.3. The van der Waals surface area contributed by atoms with Gasteiger partial charge >= 0.3 is 5.97 Å². The molecule has 5 rings (SSSR count). The van der Waals surface area contributed by atoms with Crippen molar-refractivity contribution in [2.45, 2.75) is 192 Å². The van der Waals surface area contributed by atoms with Crippen LogP contribution in [0.2, 0.25) is 0 Å². The second-order valence-corrected chi connectivity index (χ2v) is 29.8. The summed E-state index contributed by atoms with van der Waals surface area (Å²) in [6, 6.07) is -13.1. The monoisotopic (exact) mass is 1590 g/mol. The summed E-state index contributed by atoms with van der Waals surface area (Å²) in [4.78, 5) is 242. The van der Waals surface area contributed by atoms with E-state index in [2.05, 4.69) is 99.4 Å². The fraction of sp³-hybridized carbons (Fsp3) is 0.544. The maximum absolute atomic E-state index is 14.9. The number of carboxylic acid groups (broad SMARTS) is 1. The van der Waals surface area contributed by atoms with Gasteiger partial charge in [0, 0.05) is 91.5 Å². The van der Waals surface area contributed by atoms with Crippen LogP contribution in [0.25, 0.3) is 10.9 Å². The second-order valence-electron chi connectivity index (χ2n) is 27.2. The van der Waals surface area contributed by atoms with Crippen LogP contribution < -0.4 is 91.6 Å². The van der Waals surface area contributed by atoms with Gasteiger partial charge in [0.1, 0.15) is 72.5 Å². The second kappa shape index (κ2) is 44.3. The average molecular weight is 1590 g/mol. The molecule has 1 aliphatic rings. The predicted molar refractivity (Wildman–Crippen MR) is 403 cm³/mol. The van der Waals surface area contributed by atoms with Crippen LogP contribution in [0.15, 0.2) is 55.5 Å². The molecule has 0 radical (unpaired) electrons. The van der Waals surface area contributed by atoms with E-state index in [4.69, 9.17) is 22.6 Å². The average Bonchev–Trinajstić information content (AvgIpc) is 1.72. The van der Waals surface area contributed by atoms with E-state index in [0.29, 0.717) is 22.9 Å². The van der Waals surface area contributed by atoms with E-state index in [1.54, 1.807) is 38.1 Å². The molecule has 0 saturated carbocycles. The number of aromatic nitrogens is 5. The number of aliphatic carboxylic acids is 1. The van der Waals surface area contributed by atoms with E-state index in [1.165, 1.54) is 65.9 Å². The summed E-state index contributed by atoms with van der Waals surface area (Å²) in [7, 11) is 1.64. The van der Waals surface area contributed by atoms with E-state index < -0.39 is 234 Å². The number of aliphatic hydroxyl groups excluding tert-OH is 1. The van der Waals surface area contributed by atoms with Gasteiger partial charge in [0.2, 0.25) is 88.6 Å². The molecular formula is C68H101N23O18S2. The number of guanidine groups is 1. The van der Waals surface area contributed by atoms with Gasteiger partial charge in [-0.3, -0.25) is 82.1 Å². The van der Waals surface area contributed by atoms with Gasteiger partial charge in [0.15, 0.2) is 5.96 Å². The molecule has 0 aliphatic carbocycles. The highest BCUT2D eigenvalue weighted by molar-refractivity contribution is 8.76. The molecule has 3 aromatic heterocycles. The summed E-state index contributed by atoms with van der Waals surface area (Å²) in [6.45, 7) is 10.8. The normalized spacial score (nSPS) is 22.9. The largest absolute Gasteiger partial charge is 0.481 e. The van der Waals surface area contributed by atoms with Gasteiger partial charge in [-0.25, -0.2) is 9.97 Å².